The molecule has 2 atom stereocenters. The Morgan fingerprint density at radius 1 is 0.800 bits per heavy atom. The van der Waals surface area contributed by atoms with E-state index in [1.807, 2.05) is 31.2 Å². The van der Waals surface area contributed by atoms with Gasteiger partial charge in [-0.25, -0.2) is 0 Å². The maximum Gasteiger partial charge on any atom is 0.237 e. The monoisotopic (exact) mass is 335 g/mol. The van der Waals surface area contributed by atoms with E-state index in [1.165, 1.54) is 10.5 Å². The number of amides is 2. The molecule has 1 saturated heterocycles. The maximum absolute atomic E-state index is 12.6. The first-order valence-electron chi connectivity index (χ1n) is 8.86. The van der Waals surface area contributed by atoms with E-state index >= 15 is 0 Å². The number of rotatable bonds is 3. The van der Waals surface area contributed by atoms with E-state index in [9.17, 15) is 9.59 Å². The smallest absolute Gasteiger partial charge is 0.237 e. The number of carbonyl (C=O) groups is 2. The van der Waals surface area contributed by atoms with Gasteiger partial charge in [-0.1, -0.05) is 30.5 Å². The van der Waals surface area contributed by atoms with Crippen LogP contribution in [0.25, 0.3) is 0 Å². The summed E-state index contributed by atoms with van der Waals surface area (Å²) in [6.07, 6.45) is 3.75. The second-order valence-electron chi connectivity index (χ2n) is 6.92. The Hall–Kier alpha value is -2.62. The van der Waals surface area contributed by atoms with Gasteiger partial charge in [0.05, 0.1) is 17.5 Å². The van der Waals surface area contributed by atoms with Crippen molar-refractivity contribution in [1.82, 2.24) is 0 Å². The highest BCUT2D eigenvalue weighted by atomic mass is 16.5. The van der Waals surface area contributed by atoms with Crippen LogP contribution in [0.4, 0.5) is 5.69 Å². The summed E-state index contributed by atoms with van der Waals surface area (Å²) >= 11 is 0. The summed E-state index contributed by atoms with van der Waals surface area (Å²) in [5.41, 5.74) is 1.82. The van der Waals surface area contributed by atoms with Gasteiger partial charge in [-0.05, 0) is 56.2 Å². The average Bonchev–Trinajstić information content (AvgIpc) is 2.89. The standard InChI is InChI=1S/C21H21NO3/c1-14-6-10-16(11-7-14)25-17-12-8-15(9-13-17)22-20(23)18-4-2-3-5-19(18)21(22)24/h6-13,18-19H,2-5H2,1H3/t18-,19+. The van der Waals surface area contributed by atoms with E-state index in [4.69, 9.17) is 4.74 Å². The number of anilines is 1. The molecule has 0 bridgehead atoms. The van der Waals surface area contributed by atoms with E-state index in [0.717, 1.165) is 31.4 Å². The van der Waals surface area contributed by atoms with E-state index in [0.29, 0.717) is 11.4 Å². The van der Waals surface area contributed by atoms with Crippen molar-refractivity contribution in [3.8, 4) is 11.5 Å². The van der Waals surface area contributed by atoms with Gasteiger partial charge in [0, 0.05) is 0 Å². The summed E-state index contributed by atoms with van der Waals surface area (Å²) in [5.74, 6) is 1.13. The summed E-state index contributed by atoms with van der Waals surface area (Å²) in [7, 11) is 0. The van der Waals surface area contributed by atoms with Crippen molar-refractivity contribution in [2.75, 3.05) is 4.90 Å². The fourth-order valence-electron chi connectivity index (χ4n) is 3.82. The largest absolute Gasteiger partial charge is 0.457 e. The molecule has 0 aromatic heterocycles. The molecule has 128 valence electrons. The topological polar surface area (TPSA) is 46.6 Å². The van der Waals surface area contributed by atoms with Crippen LogP contribution >= 0.6 is 0 Å². The fourth-order valence-corrected chi connectivity index (χ4v) is 3.82. The Bertz CT molecular complexity index is 771. The number of nitrogens with zero attached hydrogens (tertiary/aromatic N) is 1. The molecule has 2 fully saturated rings. The minimum atomic E-state index is -0.121. The molecule has 0 unspecified atom stereocenters. The van der Waals surface area contributed by atoms with Gasteiger partial charge in [0.25, 0.3) is 0 Å². The number of ether oxygens (including phenoxy) is 1. The van der Waals surface area contributed by atoms with Crippen LogP contribution in [-0.2, 0) is 9.59 Å². The fraction of sp³-hybridized carbons (Fsp3) is 0.333. The number of benzene rings is 2. The SMILES string of the molecule is Cc1ccc(Oc2ccc(N3C(=O)[C@H]4CCCC[C@H]4C3=O)cc2)cc1. The molecule has 1 aliphatic heterocycles. The van der Waals surface area contributed by atoms with Gasteiger partial charge in [0.1, 0.15) is 11.5 Å². The summed E-state index contributed by atoms with van der Waals surface area (Å²) in [6.45, 7) is 2.03. The van der Waals surface area contributed by atoms with E-state index in [-0.39, 0.29) is 23.7 Å². The van der Waals surface area contributed by atoms with Gasteiger partial charge in [0.2, 0.25) is 11.8 Å². The molecule has 2 aromatic rings. The van der Waals surface area contributed by atoms with Crippen LogP contribution in [0, 0.1) is 18.8 Å². The predicted octanol–water partition coefficient (Wildman–Crippen LogP) is 4.47. The van der Waals surface area contributed by atoms with Gasteiger partial charge in [-0.2, -0.15) is 0 Å². The lowest BCUT2D eigenvalue weighted by Gasteiger charge is -2.19. The van der Waals surface area contributed by atoms with Crippen LogP contribution < -0.4 is 9.64 Å². The van der Waals surface area contributed by atoms with Gasteiger partial charge in [-0.15, -0.1) is 0 Å². The zero-order valence-corrected chi connectivity index (χ0v) is 14.3. The highest BCUT2D eigenvalue weighted by molar-refractivity contribution is 6.22. The van der Waals surface area contributed by atoms with Crippen LogP contribution in [-0.4, -0.2) is 11.8 Å². The van der Waals surface area contributed by atoms with E-state index in [1.54, 1.807) is 24.3 Å². The molecule has 0 N–H and O–H groups in total. The van der Waals surface area contributed by atoms with Crippen molar-refractivity contribution in [3.05, 3.63) is 54.1 Å². The Balaban J connectivity index is 1.53. The Labute approximate surface area is 147 Å². The Morgan fingerprint density at radius 3 is 1.80 bits per heavy atom. The first kappa shape index (κ1) is 15.9. The van der Waals surface area contributed by atoms with Crippen molar-refractivity contribution in [1.29, 1.82) is 0 Å². The molecule has 0 spiro atoms. The number of imide groups is 1. The number of carbonyl (C=O) groups excluding carboxylic acids is 2. The maximum atomic E-state index is 12.6. The Morgan fingerprint density at radius 2 is 1.28 bits per heavy atom. The van der Waals surface area contributed by atoms with Gasteiger partial charge >= 0.3 is 0 Å². The molecule has 2 amide bonds. The zero-order chi connectivity index (χ0) is 17.4. The lowest BCUT2D eigenvalue weighted by atomic mass is 9.81. The second-order valence-corrected chi connectivity index (χ2v) is 6.92. The minimum absolute atomic E-state index is 0.0399. The summed E-state index contributed by atoms with van der Waals surface area (Å²) in [4.78, 5) is 26.6. The molecular weight excluding hydrogens is 314 g/mol. The quantitative estimate of drug-likeness (QED) is 0.778. The number of hydrogen-bond acceptors (Lipinski definition) is 3. The summed E-state index contributed by atoms with van der Waals surface area (Å²) in [6, 6.07) is 15.0. The first-order chi connectivity index (χ1) is 12.1. The highest BCUT2D eigenvalue weighted by Gasteiger charge is 2.48. The van der Waals surface area contributed by atoms with Crippen LogP contribution in [0.3, 0.4) is 0 Å². The van der Waals surface area contributed by atoms with Gasteiger partial charge < -0.3 is 4.74 Å². The molecule has 4 rings (SSSR count). The van der Waals surface area contributed by atoms with Gasteiger partial charge in [-0.3, -0.25) is 14.5 Å². The van der Waals surface area contributed by atoms with E-state index in [2.05, 4.69) is 0 Å². The second kappa shape index (κ2) is 6.36. The molecule has 2 aliphatic rings. The average molecular weight is 335 g/mol. The molecule has 1 aliphatic carbocycles. The van der Waals surface area contributed by atoms with Crippen molar-refractivity contribution < 1.29 is 14.3 Å². The summed E-state index contributed by atoms with van der Waals surface area (Å²) in [5, 5.41) is 0. The lowest BCUT2D eigenvalue weighted by molar-refractivity contribution is -0.122. The third-order valence-electron chi connectivity index (χ3n) is 5.19. The van der Waals surface area contributed by atoms with Gasteiger partial charge in [0.15, 0.2) is 0 Å². The molecule has 2 aromatic carbocycles. The minimum Gasteiger partial charge on any atom is -0.457 e. The van der Waals surface area contributed by atoms with Crippen LogP contribution in [0.5, 0.6) is 11.5 Å². The van der Waals surface area contributed by atoms with E-state index < -0.39 is 0 Å². The highest BCUT2D eigenvalue weighted by Crippen LogP contribution is 2.40. The molecule has 4 heteroatoms. The van der Waals surface area contributed by atoms with Crippen molar-refractivity contribution >= 4 is 17.5 Å². The lowest BCUT2D eigenvalue weighted by Crippen LogP contribution is -2.30. The third-order valence-corrected chi connectivity index (χ3v) is 5.19. The predicted molar refractivity (Wildman–Crippen MR) is 95.6 cm³/mol. The molecule has 25 heavy (non-hydrogen) atoms. The zero-order valence-electron chi connectivity index (χ0n) is 14.3. The molecule has 1 saturated carbocycles. The molecular formula is C21H21NO3. The first-order valence-corrected chi connectivity index (χ1v) is 8.86. The third kappa shape index (κ3) is 2.93. The number of aryl methyl sites for hydroxylation is 1. The van der Waals surface area contributed by atoms with Crippen molar-refractivity contribution in [2.45, 2.75) is 32.6 Å². The van der Waals surface area contributed by atoms with Crippen molar-refractivity contribution in [2.24, 2.45) is 11.8 Å². The van der Waals surface area contributed by atoms with Crippen LogP contribution in [0.1, 0.15) is 31.2 Å². The van der Waals surface area contributed by atoms with Crippen LogP contribution in [0.15, 0.2) is 48.5 Å². The Kier molecular flexibility index (Phi) is 4.04. The molecule has 4 nitrogen and oxygen atoms in total. The molecule has 1 heterocycles. The van der Waals surface area contributed by atoms with Crippen molar-refractivity contribution in [3.63, 3.8) is 0 Å². The molecule has 0 radical (unpaired) electrons. The summed E-state index contributed by atoms with van der Waals surface area (Å²) < 4.78 is 5.81. The number of fused-ring (bicyclic) bond motifs is 1. The van der Waals surface area contributed by atoms with Crippen LogP contribution in [0.2, 0.25) is 0 Å². The number of hydrogen-bond donors (Lipinski definition) is 0. The normalized spacial score (nSPS) is 22.8.